The van der Waals surface area contributed by atoms with Crippen molar-refractivity contribution in [3.8, 4) is 5.69 Å². The van der Waals surface area contributed by atoms with Gasteiger partial charge in [-0.3, -0.25) is 0 Å². The molecule has 0 fully saturated rings. The summed E-state index contributed by atoms with van der Waals surface area (Å²) in [6.45, 7) is 3.89. The SMILES string of the molecule is Cc1nc(C)n(-c2ccccc2CI)n1. The fourth-order valence-electron chi connectivity index (χ4n) is 1.58. The smallest absolute Gasteiger partial charge is 0.148 e. The van der Waals surface area contributed by atoms with Crippen molar-refractivity contribution in [1.82, 2.24) is 14.8 Å². The monoisotopic (exact) mass is 313 g/mol. The van der Waals surface area contributed by atoms with Crippen molar-refractivity contribution >= 4 is 22.6 Å². The third-order valence-electron chi connectivity index (χ3n) is 2.24. The first kappa shape index (κ1) is 10.6. The molecule has 0 radical (unpaired) electrons. The molecule has 0 unspecified atom stereocenters. The van der Waals surface area contributed by atoms with Crippen molar-refractivity contribution in [3.63, 3.8) is 0 Å². The molecule has 0 spiro atoms. The lowest BCUT2D eigenvalue weighted by Gasteiger charge is -2.07. The van der Waals surface area contributed by atoms with E-state index in [1.54, 1.807) is 0 Å². The highest BCUT2D eigenvalue weighted by atomic mass is 127. The van der Waals surface area contributed by atoms with E-state index in [0.29, 0.717) is 0 Å². The minimum absolute atomic E-state index is 0.816. The Kier molecular flexibility index (Phi) is 3.04. The summed E-state index contributed by atoms with van der Waals surface area (Å²) in [5.41, 5.74) is 2.41. The topological polar surface area (TPSA) is 30.7 Å². The highest BCUT2D eigenvalue weighted by molar-refractivity contribution is 14.1. The lowest BCUT2D eigenvalue weighted by Crippen LogP contribution is -2.02. The zero-order valence-electron chi connectivity index (χ0n) is 8.74. The minimum Gasteiger partial charge on any atom is -0.218 e. The van der Waals surface area contributed by atoms with Gasteiger partial charge in [-0.05, 0) is 25.5 Å². The number of hydrogen-bond donors (Lipinski definition) is 0. The van der Waals surface area contributed by atoms with E-state index < -0.39 is 0 Å². The summed E-state index contributed by atoms with van der Waals surface area (Å²) in [5, 5.41) is 4.39. The Hall–Kier alpha value is -0.910. The summed E-state index contributed by atoms with van der Waals surface area (Å²) in [5.74, 6) is 1.75. The van der Waals surface area contributed by atoms with E-state index in [1.807, 2.05) is 24.6 Å². The number of nitrogens with zero attached hydrogens (tertiary/aromatic N) is 3. The van der Waals surface area contributed by atoms with Crippen molar-refractivity contribution in [3.05, 3.63) is 41.5 Å². The molecule has 0 N–H and O–H groups in total. The molecule has 0 saturated carbocycles. The van der Waals surface area contributed by atoms with Gasteiger partial charge in [-0.25, -0.2) is 9.67 Å². The molecule has 0 aliphatic carbocycles. The quantitative estimate of drug-likeness (QED) is 0.630. The van der Waals surface area contributed by atoms with Gasteiger partial charge in [0.2, 0.25) is 0 Å². The lowest BCUT2D eigenvalue weighted by molar-refractivity contribution is 0.825. The summed E-state index contributed by atoms with van der Waals surface area (Å²) >= 11 is 2.36. The van der Waals surface area contributed by atoms with Crippen molar-refractivity contribution < 1.29 is 0 Å². The largest absolute Gasteiger partial charge is 0.218 e. The molecule has 1 aromatic carbocycles. The number of benzene rings is 1. The molecule has 0 aliphatic heterocycles. The Morgan fingerprint density at radius 1 is 1.27 bits per heavy atom. The van der Waals surface area contributed by atoms with Crippen LogP contribution in [0.3, 0.4) is 0 Å². The molecule has 2 aromatic rings. The Morgan fingerprint density at radius 3 is 2.60 bits per heavy atom. The normalized spacial score (nSPS) is 10.6. The van der Waals surface area contributed by atoms with Gasteiger partial charge >= 0.3 is 0 Å². The van der Waals surface area contributed by atoms with Crippen LogP contribution < -0.4 is 0 Å². The Morgan fingerprint density at radius 2 is 2.00 bits per heavy atom. The molecular weight excluding hydrogens is 301 g/mol. The van der Waals surface area contributed by atoms with Crippen molar-refractivity contribution in [2.75, 3.05) is 0 Å². The van der Waals surface area contributed by atoms with E-state index in [1.165, 1.54) is 5.56 Å². The van der Waals surface area contributed by atoms with Gasteiger partial charge in [0.05, 0.1) is 5.69 Å². The second-order valence-electron chi connectivity index (χ2n) is 3.38. The highest BCUT2D eigenvalue weighted by Gasteiger charge is 2.07. The number of para-hydroxylation sites is 1. The number of aryl methyl sites for hydroxylation is 2. The maximum atomic E-state index is 4.39. The fraction of sp³-hybridized carbons (Fsp3) is 0.273. The van der Waals surface area contributed by atoms with Gasteiger partial charge in [-0.2, -0.15) is 5.10 Å². The van der Waals surface area contributed by atoms with Crippen LogP contribution in [-0.2, 0) is 4.43 Å². The van der Waals surface area contributed by atoms with Crippen molar-refractivity contribution in [1.29, 1.82) is 0 Å². The molecule has 1 aromatic heterocycles. The molecule has 0 atom stereocenters. The third-order valence-corrected chi connectivity index (χ3v) is 3.06. The van der Waals surface area contributed by atoms with Crippen molar-refractivity contribution in [2.24, 2.45) is 0 Å². The summed E-state index contributed by atoms with van der Waals surface area (Å²) in [6, 6.07) is 8.28. The summed E-state index contributed by atoms with van der Waals surface area (Å²) < 4.78 is 2.88. The second-order valence-corrected chi connectivity index (χ2v) is 4.14. The lowest BCUT2D eigenvalue weighted by atomic mass is 10.2. The molecule has 78 valence electrons. The number of hydrogen-bond acceptors (Lipinski definition) is 2. The molecule has 0 saturated heterocycles. The van der Waals surface area contributed by atoms with Crippen LogP contribution in [0.2, 0.25) is 0 Å². The molecule has 1 heterocycles. The summed E-state index contributed by atoms with van der Waals surface area (Å²) in [6.07, 6.45) is 0. The van der Waals surface area contributed by atoms with E-state index >= 15 is 0 Å². The minimum atomic E-state index is 0.816. The number of aromatic nitrogens is 3. The first-order valence-corrected chi connectivity index (χ1v) is 6.29. The molecule has 0 aliphatic rings. The van der Waals surface area contributed by atoms with Crippen LogP contribution in [0.1, 0.15) is 17.2 Å². The molecule has 0 amide bonds. The fourth-order valence-corrected chi connectivity index (χ4v) is 2.22. The van der Waals surface area contributed by atoms with Crippen LogP contribution in [0.15, 0.2) is 24.3 Å². The molecule has 3 nitrogen and oxygen atoms in total. The van der Waals surface area contributed by atoms with Gasteiger partial charge < -0.3 is 0 Å². The van der Waals surface area contributed by atoms with Gasteiger partial charge in [0.15, 0.2) is 0 Å². The maximum Gasteiger partial charge on any atom is 0.148 e. The zero-order valence-corrected chi connectivity index (χ0v) is 10.9. The molecule has 15 heavy (non-hydrogen) atoms. The van der Waals surface area contributed by atoms with E-state index in [-0.39, 0.29) is 0 Å². The first-order valence-electron chi connectivity index (χ1n) is 4.77. The molecule has 4 heteroatoms. The van der Waals surface area contributed by atoms with E-state index in [2.05, 4.69) is 50.9 Å². The standard InChI is InChI=1S/C11H12IN3/c1-8-13-9(2)15(14-8)11-6-4-3-5-10(11)7-12/h3-6H,7H2,1-2H3. The highest BCUT2D eigenvalue weighted by Crippen LogP contribution is 2.17. The Bertz CT molecular complexity index is 476. The van der Waals surface area contributed by atoms with E-state index in [9.17, 15) is 0 Å². The van der Waals surface area contributed by atoms with E-state index in [0.717, 1.165) is 21.8 Å². The number of alkyl halides is 1. The van der Waals surface area contributed by atoms with Crippen LogP contribution in [0.4, 0.5) is 0 Å². The Labute approximate surface area is 103 Å². The van der Waals surface area contributed by atoms with Crippen LogP contribution in [0, 0.1) is 13.8 Å². The first-order chi connectivity index (χ1) is 7.22. The number of halogens is 1. The Balaban J connectivity index is 2.58. The van der Waals surface area contributed by atoms with Gasteiger partial charge in [-0.1, -0.05) is 40.8 Å². The third kappa shape index (κ3) is 2.04. The average Bonchev–Trinajstić information content (AvgIpc) is 2.57. The maximum absolute atomic E-state index is 4.39. The summed E-state index contributed by atoms with van der Waals surface area (Å²) in [4.78, 5) is 4.31. The van der Waals surface area contributed by atoms with Crippen LogP contribution >= 0.6 is 22.6 Å². The van der Waals surface area contributed by atoms with Crippen LogP contribution in [-0.4, -0.2) is 14.8 Å². The molecule has 2 rings (SSSR count). The van der Waals surface area contributed by atoms with Gasteiger partial charge in [0.25, 0.3) is 0 Å². The molecule has 0 bridgehead atoms. The predicted molar refractivity (Wildman–Crippen MR) is 68.6 cm³/mol. The second kappa shape index (κ2) is 4.30. The van der Waals surface area contributed by atoms with Crippen molar-refractivity contribution in [2.45, 2.75) is 18.3 Å². The molecular formula is C11H12IN3. The average molecular weight is 313 g/mol. The van der Waals surface area contributed by atoms with E-state index in [4.69, 9.17) is 0 Å². The zero-order chi connectivity index (χ0) is 10.8. The predicted octanol–water partition coefficient (Wildman–Crippen LogP) is 2.82. The number of rotatable bonds is 2. The van der Waals surface area contributed by atoms with Crippen LogP contribution in [0.25, 0.3) is 5.69 Å². The van der Waals surface area contributed by atoms with Gasteiger partial charge in [-0.15, -0.1) is 0 Å². The van der Waals surface area contributed by atoms with Gasteiger partial charge in [0, 0.05) is 4.43 Å². The summed E-state index contributed by atoms with van der Waals surface area (Å²) in [7, 11) is 0. The van der Waals surface area contributed by atoms with Crippen LogP contribution in [0.5, 0.6) is 0 Å². The van der Waals surface area contributed by atoms with Gasteiger partial charge in [0.1, 0.15) is 11.6 Å².